The lowest BCUT2D eigenvalue weighted by molar-refractivity contribution is 0.157. The molecule has 0 spiro atoms. The van der Waals surface area contributed by atoms with E-state index in [4.69, 9.17) is 15.9 Å². The van der Waals surface area contributed by atoms with Gasteiger partial charge in [0.25, 0.3) is 0 Å². The molecular weight excluding hydrogens is 248 g/mol. The number of benzene rings is 2. The number of ether oxygens (including phenoxy) is 1. The molecule has 2 aromatic carbocycles. The molecule has 1 aliphatic rings. The minimum absolute atomic E-state index is 0.102. The molecule has 20 heavy (non-hydrogen) atoms. The molecule has 0 unspecified atom stereocenters. The summed E-state index contributed by atoms with van der Waals surface area (Å²) in [4.78, 5) is 0. The van der Waals surface area contributed by atoms with Crippen LogP contribution in [0.3, 0.4) is 0 Å². The zero-order chi connectivity index (χ0) is 13.9. The summed E-state index contributed by atoms with van der Waals surface area (Å²) in [5.74, 6) is 1.02. The summed E-state index contributed by atoms with van der Waals surface area (Å²) in [6.45, 7) is 0. The van der Waals surface area contributed by atoms with Crippen molar-refractivity contribution >= 4 is 16.6 Å². The fourth-order valence-electron chi connectivity index (χ4n) is 2.97. The third-order valence-electron chi connectivity index (χ3n) is 4.02. The van der Waals surface area contributed by atoms with Crippen molar-refractivity contribution in [3.63, 3.8) is 0 Å². The topological polar surface area (TPSA) is 59.1 Å². The monoisotopic (exact) mass is 268 g/mol. The van der Waals surface area contributed by atoms with Crippen LogP contribution < -0.4 is 10.5 Å². The highest BCUT2D eigenvalue weighted by Crippen LogP contribution is 2.31. The molecule has 1 aliphatic carbocycles. The summed E-state index contributed by atoms with van der Waals surface area (Å²) in [6.07, 6.45) is 6.45. The summed E-state index contributed by atoms with van der Waals surface area (Å²) < 4.78 is 6.19. The largest absolute Gasteiger partial charge is 0.490 e. The van der Waals surface area contributed by atoms with E-state index in [2.05, 4.69) is 0 Å². The maximum Gasteiger partial charge on any atom is 0.127 e. The second kappa shape index (κ2) is 5.53. The molecular formula is C17H20N2O. The van der Waals surface area contributed by atoms with E-state index < -0.39 is 0 Å². The molecule has 0 aromatic heterocycles. The lowest BCUT2D eigenvalue weighted by Crippen LogP contribution is -2.20. The van der Waals surface area contributed by atoms with Gasteiger partial charge in [-0.3, -0.25) is 5.41 Å². The second-order valence-electron chi connectivity index (χ2n) is 5.45. The predicted molar refractivity (Wildman–Crippen MR) is 82.5 cm³/mol. The van der Waals surface area contributed by atoms with Gasteiger partial charge in [0, 0.05) is 10.9 Å². The average Bonchev–Trinajstić information content (AvgIpc) is 2.48. The van der Waals surface area contributed by atoms with Crippen LogP contribution in [0.2, 0.25) is 0 Å². The van der Waals surface area contributed by atoms with Crippen LogP contribution in [0, 0.1) is 5.41 Å². The van der Waals surface area contributed by atoms with E-state index >= 15 is 0 Å². The predicted octanol–water partition coefficient (Wildman–Crippen LogP) is 3.84. The molecule has 0 aliphatic heterocycles. The summed E-state index contributed by atoms with van der Waals surface area (Å²) in [6, 6.07) is 11.9. The molecule has 0 radical (unpaired) electrons. The summed E-state index contributed by atoms with van der Waals surface area (Å²) in [5, 5.41) is 9.72. The Morgan fingerprint density at radius 3 is 2.40 bits per heavy atom. The van der Waals surface area contributed by atoms with Gasteiger partial charge in [-0.1, -0.05) is 30.7 Å². The van der Waals surface area contributed by atoms with Gasteiger partial charge in [-0.05, 0) is 43.2 Å². The Bertz CT molecular complexity index is 630. The smallest absolute Gasteiger partial charge is 0.127 e. The quantitative estimate of drug-likeness (QED) is 0.656. The summed E-state index contributed by atoms with van der Waals surface area (Å²) in [7, 11) is 0. The Hall–Kier alpha value is -2.03. The first kappa shape index (κ1) is 13.0. The van der Waals surface area contributed by atoms with Crippen LogP contribution in [0.15, 0.2) is 36.4 Å². The lowest BCUT2D eigenvalue weighted by atomic mass is 9.97. The molecule has 3 rings (SSSR count). The third kappa shape index (κ3) is 2.48. The van der Waals surface area contributed by atoms with Crippen molar-refractivity contribution in [2.75, 3.05) is 0 Å². The van der Waals surface area contributed by atoms with E-state index in [9.17, 15) is 0 Å². The number of fused-ring (bicyclic) bond motifs is 1. The zero-order valence-corrected chi connectivity index (χ0v) is 11.6. The lowest BCUT2D eigenvalue weighted by Gasteiger charge is -2.24. The minimum Gasteiger partial charge on any atom is -0.490 e. The van der Waals surface area contributed by atoms with E-state index in [-0.39, 0.29) is 5.84 Å². The van der Waals surface area contributed by atoms with Crippen molar-refractivity contribution in [3.05, 3.63) is 42.0 Å². The number of amidine groups is 1. The Balaban J connectivity index is 1.99. The van der Waals surface area contributed by atoms with Crippen LogP contribution in [0.5, 0.6) is 5.75 Å². The van der Waals surface area contributed by atoms with E-state index in [1.807, 2.05) is 36.4 Å². The van der Waals surface area contributed by atoms with Crippen LogP contribution in [-0.4, -0.2) is 11.9 Å². The first-order valence-electron chi connectivity index (χ1n) is 7.28. The van der Waals surface area contributed by atoms with Gasteiger partial charge in [0.05, 0.1) is 6.10 Å². The number of hydrogen-bond donors (Lipinski definition) is 2. The van der Waals surface area contributed by atoms with E-state index in [1.54, 1.807) is 0 Å². The van der Waals surface area contributed by atoms with Crippen molar-refractivity contribution in [3.8, 4) is 5.75 Å². The maximum absolute atomic E-state index is 7.68. The minimum atomic E-state index is 0.102. The van der Waals surface area contributed by atoms with Crippen LogP contribution in [0.4, 0.5) is 0 Å². The number of nitrogens with two attached hydrogens (primary N) is 1. The van der Waals surface area contributed by atoms with Crippen molar-refractivity contribution in [2.24, 2.45) is 5.73 Å². The number of nitrogens with one attached hydrogen (secondary N) is 1. The van der Waals surface area contributed by atoms with Crippen LogP contribution in [0.25, 0.3) is 10.8 Å². The van der Waals surface area contributed by atoms with Gasteiger partial charge in [-0.15, -0.1) is 0 Å². The van der Waals surface area contributed by atoms with Gasteiger partial charge < -0.3 is 10.5 Å². The fraction of sp³-hybridized carbons (Fsp3) is 0.353. The first-order valence-corrected chi connectivity index (χ1v) is 7.28. The zero-order valence-electron chi connectivity index (χ0n) is 11.6. The number of nitrogen functional groups attached to an aromatic ring is 1. The van der Waals surface area contributed by atoms with Gasteiger partial charge >= 0.3 is 0 Å². The molecule has 3 N–H and O–H groups in total. The molecule has 3 nitrogen and oxygen atoms in total. The SMILES string of the molecule is N=C(N)c1ccc(OC2CCCCC2)c2ccccc12. The highest BCUT2D eigenvalue weighted by molar-refractivity contribution is 6.09. The van der Waals surface area contributed by atoms with Crippen molar-refractivity contribution in [1.29, 1.82) is 5.41 Å². The number of rotatable bonds is 3. The van der Waals surface area contributed by atoms with Gasteiger partial charge in [-0.25, -0.2) is 0 Å². The van der Waals surface area contributed by atoms with Crippen LogP contribution in [0.1, 0.15) is 37.7 Å². The standard InChI is InChI=1S/C17H20N2O/c18-17(19)15-10-11-16(14-9-5-4-8-13(14)15)20-12-6-2-1-3-7-12/h4-5,8-12H,1-3,6-7H2,(H3,18,19). The molecule has 0 bridgehead atoms. The Morgan fingerprint density at radius 1 is 1.00 bits per heavy atom. The van der Waals surface area contributed by atoms with Gasteiger partial charge in [0.2, 0.25) is 0 Å². The van der Waals surface area contributed by atoms with Gasteiger partial charge in [0.15, 0.2) is 0 Å². The molecule has 0 saturated heterocycles. The van der Waals surface area contributed by atoms with Crippen molar-refractivity contribution < 1.29 is 4.74 Å². The average molecular weight is 268 g/mol. The molecule has 1 fully saturated rings. The van der Waals surface area contributed by atoms with Crippen molar-refractivity contribution in [1.82, 2.24) is 0 Å². The molecule has 3 heteroatoms. The Morgan fingerprint density at radius 2 is 1.70 bits per heavy atom. The fourth-order valence-corrected chi connectivity index (χ4v) is 2.97. The molecule has 104 valence electrons. The Labute approximate surface area is 119 Å². The molecule has 1 saturated carbocycles. The van der Waals surface area contributed by atoms with E-state index in [0.717, 1.165) is 34.9 Å². The second-order valence-corrected chi connectivity index (χ2v) is 5.45. The third-order valence-corrected chi connectivity index (χ3v) is 4.02. The van der Waals surface area contributed by atoms with Crippen LogP contribution in [-0.2, 0) is 0 Å². The van der Waals surface area contributed by atoms with E-state index in [0.29, 0.717) is 6.10 Å². The molecule has 0 atom stereocenters. The summed E-state index contributed by atoms with van der Waals surface area (Å²) >= 11 is 0. The molecule has 0 amide bonds. The van der Waals surface area contributed by atoms with E-state index in [1.165, 1.54) is 19.3 Å². The molecule has 0 heterocycles. The Kier molecular flexibility index (Phi) is 3.59. The summed E-state index contributed by atoms with van der Waals surface area (Å²) in [5.41, 5.74) is 6.43. The first-order chi connectivity index (χ1) is 9.75. The van der Waals surface area contributed by atoms with Gasteiger partial charge in [-0.2, -0.15) is 0 Å². The van der Waals surface area contributed by atoms with Crippen LogP contribution >= 0.6 is 0 Å². The number of hydrogen-bond acceptors (Lipinski definition) is 2. The van der Waals surface area contributed by atoms with Crippen molar-refractivity contribution in [2.45, 2.75) is 38.2 Å². The van der Waals surface area contributed by atoms with Gasteiger partial charge in [0.1, 0.15) is 11.6 Å². The normalized spacial score (nSPS) is 16.2. The maximum atomic E-state index is 7.68. The highest BCUT2D eigenvalue weighted by Gasteiger charge is 2.16. The highest BCUT2D eigenvalue weighted by atomic mass is 16.5. The molecule has 2 aromatic rings.